The maximum absolute atomic E-state index is 12.3. The van der Waals surface area contributed by atoms with Crippen LogP contribution < -0.4 is 24.8 Å². The van der Waals surface area contributed by atoms with Crippen LogP contribution in [0.15, 0.2) is 42.5 Å². The third-order valence-electron chi connectivity index (χ3n) is 4.80. The molecule has 2 N–H and O–H groups in total. The molecule has 2 atom stereocenters. The summed E-state index contributed by atoms with van der Waals surface area (Å²) >= 11 is 0. The normalized spacial score (nSPS) is 19.0. The Hall–Kier alpha value is -3.22. The summed E-state index contributed by atoms with van der Waals surface area (Å²) in [5.74, 6) is 1.35. The van der Waals surface area contributed by atoms with Crippen LogP contribution in [0.2, 0.25) is 0 Å². The van der Waals surface area contributed by atoms with Crippen molar-refractivity contribution in [2.24, 2.45) is 11.8 Å². The molecular formula is C21H22N2O5. The van der Waals surface area contributed by atoms with Crippen molar-refractivity contribution in [1.29, 1.82) is 0 Å². The molecule has 1 fully saturated rings. The Labute approximate surface area is 163 Å². The predicted molar refractivity (Wildman–Crippen MR) is 102 cm³/mol. The molecule has 1 heterocycles. The summed E-state index contributed by atoms with van der Waals surface area (Å²) in [7, 11) is 0. The average Bonchev–Trinajstić information content (AvgIpc) is 3.38. The topological polar surface area (TPSA) is 85.9 Å². The number of anilines is 1. The fourth-order valence-corrected chi connectivity index (χ4v) is 3.18. The fraction of sp³-hybridized carbons (Fsp3) is 0.333. The first kappa shape index (κ1) is 18.2. The van der Waals surface area contributed by atoms with E-state index in [1.54, 1.807) is 12.1 Å². The highest BCUT2D eigenvalue weighted by Crippen LogP contribution is 2.40. The van der Waals surface area contributed by atoms with Gasteiger partial charge in [-0.1, -0.05) is 6.07 Å². The maximum Gasteiger partial charge on any atom is 0.231 e. The summed E-state index contributed by atoms with van der Waals surface area (Å²) in [6, 6.07) is 12.8. The van der Waals surface area contributed by atoms with Crippen LogP contribution in [0.4, 0.5) is 5.69 Å². The number of carbonyl (C=O) groups excluding carboxylic acids is 2. The van der Waals surface area contributed by atoms with Crippen molar-refractivity contribution in [3.8, 4) is 17.2 Å². The van der Waals surface area contributed by atoms with Gasteiger partial charge in [-0.2, -0.15) is 0 Å². The van der Waals surface area contributed by atoms with Crippen LogP contribution in [0.5, 0.6) is 17.2 Å². The van der Waals surface area contributed by atoms with E-state index in [1.165, 1.54) is 0 Å². The van der Waals surface area contributed by atoms with Gasteiger partial charge in [0.1, 0.15) is 5.75 Å². The Bertz CT molecular complexity index is 881. The minimum atomic E-state index is -0.289. The lowest BCUT2D eigenvalue weighted by Gasteiger charge is -2.08. The molecule has 146 valence electrons. The number of rotatable bonds is 7. The van der Waals surface area contributed by atoms with E-state index in [4.69, 9.17) is 14.2 Å². The lowest BCUT2D eigenvalue weighted by atomic mass is 10.2. The smallest absolute Gasteiger partial charge is 0.231 e. The highest BCUT2D eigenvalue weighted by molar-refractivity contribution is 5.99. The number of hydrogen-bond acceptors (Lipinski definition) is 5. The largest absolute Gasteiger partial charge is 0.494 e. The molecule has 7 heteroatoms. The Kier molecular flexibility index (Phi) is 5.06. The summed E-state index contributed by atoms with van der Waals surface area (Å²) in [6.07, 6.45) is 0.565. The second-order valence-electron chi connectivity index (χ2n) is 6.80. The molecular weight excluding hydrogens is 360 g/mol. The molecule has 2 aliphatic rings. The van der Waals surface area contributed by atoms with Crippen LogP contribution in [-0.4, -0.2) is 25.2 Å². The molecule has 0 radical (unpaired) electrons. The minimum Gasteiger partial charge on any atom is -0.494 e. The molecule has 28 heavy (non-hydrogen) atoms. The van der Waals surface area contributed by atoms with Crippen LogP contribution in [0.25, 0.3) is 0 Å². The van der Waals surface area contributed by atoms with Crippen LogP contribution in [0.3, 0.4) is 0 Å². The molecule has 2 aromatic carbocycles. The van der Waals surface area contributed by atoms with Crippen LogP contribution in [-0.2, 0) is 16.1 Å². The molecule has 0 aromatic heterocycles. The van der Waals surface area contributed by atoms with Gasteiger partial charge in [0.05, 0.1) is 18.4 Å². The first-order chi connectivity index (χ1) is 13.6. The first-order valence-electron chi connectivity index (χ1n) is 9.34. The van der Waals surface area contributed by atoms with Gasteiger partial charge in [-0.15, -0.1) is 0 Å². The molecule has 2 unspecified atom stereocenters. The van der Waals surface area contributed by atoms with E-state index in [9.17, 15) is 9.59 Å². The Balaban J connectivity index is 1.25. The SMILES string of the molecule is CCOc1ccc(NC(=O)C2CC2C(=O)NCc2ccc3c(c2)OCO3)cc1. The maximum atomic E-state index is 12.3. The number of benzene rings is 2. The second-order valence-corrected chi connectivity index (χ2v) is 6.80. The van der Waals surface area contributed by atoms with E-state index < -0.39 is 0 Å². The molecule has 4 rings (SSSR count). The van der Waals surface area contributed by atoms with Gasteiger partial charge in [-0.05, 0) is 55.3 Å². The van der Waals surface area contributed by atoms with E-state index in [-0.39, 0.29) is 30.4 Å². The average molecular weight is 382 g/mol. The monoisotopic (exact) mass is 382 g/mol. The third-order valence-corrected chi connectivity index (χ3v) is 4.80. The summed E-state index contributed by atoms with van der Waals surface area (Å²) in [5.41, 5.74) is 1.62. The van der Waals surface area contributed by atoms with Gasteiger partial charge < -0.3 is 24.8 Å². The van der Waals surface area contributed by atoms with E-state index in [0.717, 1.165) is 11.3 Å². The Morgan fingerprint density at radius 3 is 2.57 bits per heavy atom. The van der Waals surface area contributed by atoms with Crippen LogP contribution in [0, 0.1) is 11.8 Å². The fourth-order valence-electron chi connectivity index (χ4n) is 3.18. The zero-order chi connectivity index (χ0) is 19.5. The Morgan fingerprint density at radius 1 is 1.04 bits per heavy atom. The number of fused-ring (bicyclic) bond motifs is 1. The molecule has 1 aliphatic carbocycles. The number of hydrogen-bond donors (Lipinski definition) is 2. The van der Waals surface area contributed by atoms with E-state index in [2.05, 4.69) is 10.6 Å². The summed E-state index contributed by atoms with van der Waals surface area (Å²) < 4.78 is 16.0. The summed E-state index contributed by atoms with van der Waals surface area (Å²) in [5, 5.41) is 5.75. The number of ether oxygens (including phenoxy) is 3. The van der Waals surface area contributed by atoms with E-state index >= 15 is 0 Å². The van der Waals surface area contributed by atoms with Gasteiger partial charge in [0.2, 0.25) is 18.6 Å². The van der Waals surface area contributed by atoms with Crippen molar-refractivity contribution < 1.29 is 23.8 Å². The van der Waals surface area contributed by atoms with Gasteiger partial charge in [-0.25, -0.2) is 0 Å². The predicted octanol–water partition coefficient (Wildman–Crippen LogP) is 2.71. The molecule has 0 saturated heterocycles. The quantitative estimate of drug-likeness (QED) is 0.769. The van der Waals surface area contributed by atoms with Crippen molar-refractivity contribution in [2.45, 2.75) is 19.9 Å². The number of nitrogens with one attached hydrogen (secondary N) is 2. The van der Waals surface area contributed by atoms with Crippen molar-refractivity contribution in [3.63, 3.8) is 0 Å². The highest BCUT2D eigenvalue weighted by atomic mass is 16.7. The molecule has 1 saturated carbocycles. The minimum absolute atomic E-state index is 0.107. The molecule has 7 nitrogen and oxygen atoms in total. The van der Waals surface area contributed by atoms with Gasteiger partial charge in [0.15, 0.2) is 11.5 Å². The zero-order valence-corrected chi connectivity index (χ0v) is 15.6. The van der Waals surface area contributed by atoms with Crippen molar-refractivity contribution in [1.82, 2.24) is 5.32 Å². The summed E-state index contributed by atoms with van der Waals surface area (Å²) in [4.78, 5) is 24.7. The molecule has 2 aromatic rings. The Morgan fingerprint density at radius 2 is 1.79 bits per heavy atom. The van der Waals surface area contributed by atoms with Crippen molar-refractivity contribution in [2.75, 3.05) is 18.7 Å². The lowest BCUT2D eigenvalue weighted by Crippen LogP contribution is -2.27. The zero-order valence-electron chi connectivity index (χ0n) is 15.6. The molecule has 2 amide bonds. The highest BCUT2D eigenvalue weighted by Gasteiger charge is 2.47. The third kappa shape index (κ3) is 4.03. The van der Waals surface area contributed by atoms with E-state index in [0.29, 0.717) is 36.8 Å². The van der Waals surface area contributed by atoms with Gasteiger partial charge in [-0.3, -0.25) is 9.59 Å². The molecule has 1 aliphatic heterocycles. The van der Waals surface area contributed by atoms with Crippen molar-refractivity contribution >= 4 is 17.5 Å². The number of amides is 2. The van der Waals surface area contributed by atoms with Gasteiger partial charge in [0, 0.05) is 12.2 Å². The first-order valence-corrected chi connectivity index (χ1v) is 9.34. The van der Waals surface area contributed by atoms with E-state index in [1.807, 2.05) is 37.3 Å². The summed E-state index contributed by atoms with van der Waals surface area (Å²) in [6.45, 7) is 3.12. The van der Waals surface area contributed by atoms with Gasteiger partial charge >= 0.3 is 0 Å². The lowest BCUT2D eigenvalue weighted by molar-refractivity contribution is -0.125. The number of carbonyl (C=O) groups is 2. The molecule has 0 spiro atoms. The molecule has 0 bridgehead atoms. The van der Waals surface area contributed by atoms with Crippen LogP contribution in [0.1, 0.15) is 18.9 Å². The van der Waals surface area contributed by atoms with Gasteiger partial charge in [0.25, 0.3) is 0 Å². The van der Waals surface area contributed by atoms with Crippen molar-refractivity contribution in [3.05, 3.63) is 48.0 Å². The van der Waals surface area contributed by atoms with Crippen LogP contribution >= 0.6 is 0 Å². The second kappa shape index (κ2) is 7.80. The standard InChI is InChI=1S/C21H22N2O5/c1-2-26-15-6-4-14(5-7-15)23-21(25)17-10-16(17)20(24)22-11-13-3-8-18-19(9-13)28-12-27-18/h3-9,16-17H,2,10-12H2,1H3,(H,22,24)(H,23,25).